The van der Waals surface area contributed by atoms with Crippen LogP contribution in [0.15, 0.2) is 0 Å². The fourth-order valence-corrected chi connectivity index (χ4v) is 2.96. The molecule has 0 amide bonds. The molecule has 13 heavy (non-hydrogen) atoms. The second kappa shape index (κ2) is 3.80. The Morgan fingerprint density at radius 1 is 1.00 bits per heavy atom. The normalized spacial score (nSPS) is 30.9. The molecule has 4 heteroatoms. The largest absolute Gasteiger partial charge is 0.348 e. The average Bonchev–Trinajstić information content (AvgIpc) is 2.61. The Kier molecular flexibility index (Phi) is 3.04. The van der Waals surface area contributed by atoms with Crippen molar-refractivity contribution < 1.29 is 9.47 Å². The summed E-state index contributed by atoms with van der Waals surface area (Å²) in [6.45, 7) is 1.53. The van der Waals surface area contributed by atoms with Gasteiger partial charge >= 0.3 is 0 Å². The molecular weight excluding hydrogens is 300 g/mol. The molecule has 1 saturated carbocycles. The number of alkyl halides is 2. The molecule has 0 atom stereocenters. The van der Waals surface area contributed by atoms with Gasteiger partial charge in [-0.2, -0.15) is 0 Å². The Hall–Kier alpha value is 0.880. The summed E-state index contributed by atoms with van der Waals surface area (Å²) in [4.78, 5) is 0. The first-order valence-corrected chi connectivity index (χ1v) is 6.62. The number of hydrogen-bond acceptors (Lipinski definition) is 2. The van der Waals surface area contributed by atoms with Gasteiger partial charge in [0.05, 0.1) is 13.2 Å². The van der Waals surface area contributed by atoms with Gasteiger partial charge in [0.25, 0.3) is 0 Å². The molecule has 0 N–H and O–H groups in total. The summed E-state index contributed by atoms with van der Waals surface area (Å²) >= 11 is 7.30. The smallest absolute Gasteiger partial charge is 0.168 e. The third kappa shape index (κ3) is 2.11. The summed E-state index contributed by atoms with van der Waals surface area (Å²) in [6, 6.07) is 0. The molecule has 0 bridgehead atoms. The molecule has 76 valence electrons. The first kappa shape index (κ1) is 10.4. The first-order chi connectivity index (χ1) is 6.18. The summed E-state index contributed by atoms with van der Waals surface area (Å²) in [7, 11) is 0. The van der Waals surface area contributed by atoms with E-state index in [1.165, 1.54) is 0 Å². The zero-order valence-electron chi connectivity index (χ0n) is 7.52. The van der Waals surface area contributed by atoms with Crippen LogP contribution in [-0.4, -0.2) is 28.7 Å². The lowest BCUT2D eigenvalue weighted by Crippen LogP contribution is -2.41. The van der Waals surface area contributed by atoms with Gasteiger partial charge in [-0.05, 0) is 12.8 Å². The van der Waals surface area contributed by atoms with E-state index in [-0.39, 0.29) is 10.1 Å². The number of hydrogen-bond donors (Lipinski definition) is 0. The fraction of sp³-hybridized carbons (Fsp3) is 1.00. The van der Waals surface area contributed by atoms with Crippen LogP contribution in [0.3, 0.4) is 0 Å². The van der Waals surface area contributed by atoms with Crippen LogP contribution in [0.5, 0.6) is 0 Å². The van der Waals surface area contributed by atoms with Gasteiger partial charge in [0, 0.05) is 22.5 Å². The average molecular weight is 314 g/mol. The Bertz CT molecular complexity index is 180. The molecule has 0 radical (unpaired) electrons. The van der Waals surface area contributed by atoms with Gasteiger partial charge in [-0.25, -0.2) is 0 Å². The van der Waals surface area contributed by atoms with Crippen molar-refractivity contribution in [2.75, 3.05) is 18.5 Å². The van der Waals surface area contributed by atoms with Crippen molar-refractivity contribution in [1.82, 2.24) is 0 Å². The highest BCUT2D eigenvalue weighted by Gasteiger charge is 2.44. The lowest BCUT2D eigenvalue weighted by Gasteiger charge is -2.39. The number of rotatable bonds is 1. The molecule has 1 aliphatic heterocycles. The minimum atomic E-state index is -0.223. The van der Waals surface area contributed by atoms with Crippen molar-refractivity contribution in [1.29, 1.82) is 0 Å². The maximum Gasteiger partial charge on any atom is 0.168 e. The topological polar surface area (TPSA) is 18.5 Å². The highest BCUT2D eigenvalue weighted by atomic mass is 79.9. The predicted octanol–water partition coefficient (Wildman–Crippen LogP) is 2.83. The second-order valence-electron chi connectivity index (χ2n) is 3.89. The van der Waals surface area contributed by atoms with Crippen LogP contribution in [0, 0.1) is 0 Å². The summed E-state index contributed by atoms with van der Waals surface area (Å²) in [5.74, 6) is -0.223. The van der Waals surface area contributed by atoms with E-state index in [0.717, 1.165) is 44.2 Å². The van der Waals surface area contributed by atoms with Gasteiger partial charge in [-0.3, -0.25) is 0 Å². The molecule has 0 aromatic heterocycles. The minimum Gasteiger partial charge on any atom is -0.348 e. The highest BCUT2D eigenvalue weighted by Crippen LogP contribution is 2.44. The Morgan fingerprint density at radius 3 is 2.00 bits per heavy atom. The number of halogens is 2. The molecule has 2 nitrogen and oxygen atoms in total. The molecule has 0 aromatic rings. The van der Waals surface area contributed by atoms with Gasteiger partial charge in [0.15, 0.2) is 5.79 Å². The zero-order valence-corrected chi connectivity index (χ0v) is 10.7. The van der Waals surface area contributed by atoms with Crippen molar-refractivity contribution in [3.63, 3.8) is 0 Å². The van der Waals surface area contributed by atoms with Crippen molar-refractivity contribution in [2.45, 2.75) is 35.8 Å². The SMILES string of the molecule is BrCC1(Br)CCC2(CC1)OCCO2. The van der Waals surface area contributed by atoms with Gasteiger partial charge in [0.1, 0.15) is 0 Å². The summed E-state index contributed by atoms with van der Waals surface area (Å²) in [6.07, 6.45) is 4.28. The molecule has 1 saturated heterocycles. The molecular formula is C9H14Br2O2. The molecule has 0 aromatic carbocycles. The van der Waals surface area contributed by atoms with E-state index in [9.17, 15) is 0 Å². The quantitative estimate of drug-likeness (QED) is 0.693. The predicted molar refractivity (Wildman–Crippen MR) is 58.6 cm³/mol. The van der Waals surface area contributed by atoms with E-state index in [2.05, 4.69) is 31.9 Å². The molecule has 1 aliphatic carbocycles. The molecule has 1 spiro atoms. The van der Waals surface area contributed by atoms with Crippen molar-refractivity contribution in [2.24, 2.45) is 0 Å². The lowest BCUT2D eigenvalue weighted by molar-refractivity contribution is -0.179. The van der Waals surface area contributed by atoms with E-state index < -0.39 is 0 Å². The van der Waals surface area contributed by atoms with E-state index in [1.807, 2.05) is 0 Å². The van der Waals surface area contributed by atoms with Crippen molar-refractivity contribution >= 4 is 31.9 Å². The van der Waals surface area contributed by atoms with E-state index in [4.69, 9.17) is 9.47 Å². The third-order valence-electron chi connectivity index (χ3n) is 2.96. The van der Waals surface area contributed by atoms with Crippen LogP contribution in [0.2, 0.25) is 0 Å². The summed E-state index contributed by atoms with van der Waals surface area (Å²) < 4.78 is 11.6. The minimum absolute atomic E-state index is 0.223. The molecule has 2 aliphatic rings. The van der Waals surface area contributed by atoms with Crippen molar-refractivity contribution in [3.8, 4) is 0 Å². The molecule has 0 unspecified atom stereocenters. The number of ether oxygens (including phenoxy) is 2. The monoisotopic (exact) mass is 312 g/mol. The summed E-state index contributed by atoms with van der Waals surface area (Å²) in [5.41, 5.74) is 0. The van der Waals surface area contributed by atoms with Gasteiger partial charge in [0.2, 0.25) is 0 Å². The second-order valence-corrected chi connectivity index (χ2v) is 6.14. The van der Waals surface area contributed by atoms with Gasteiger partial charge in [-0.15, -0.1) is 0 Å². The molecule has 2 fully saturated rings. The van der Waals surface area contributed by atoms with Crippen LogP contribution in [-0.2, 0) is 9.47 Å². The maximum absolute atomic E-state index is 5.66. The lowest BCUT2D eigenvalue weighted by atomic mass is 9.86. The van der Waals surface area contributed by atoms with Gasteiger partial charge in [-0.1, -0.05) is 31.9 Å². The Balaban J connectivity index is 1.95. The fourth-order valence-electron chi connectivity index (χ4n) is 2.00. The van der Waals surface area contributed by atoms with E-state index in [0.29, 0.717) is 0 Å². The molecule has 2 rings (SSSR count). The van der Waals surface area contributed by atoms with Gasteiger partial charge < -0.3 is 9.47 Å². The van der Waals surface area contributed by atoms with Crippen LogP contribution in [0.25, 0.3) is 0 Å². The Labute approximate surface area is 95.6 Å². The Morgan fingerprint density at radius 2 is 1.54 bits per heavy atom. The van der Waals surface area contributed by atoms with E-state index in [1.54, 1.807) is 0 Å². The zero-order chi connectivity index (χ0) is 9.36. The van der Waals surface area contributed by atoms with E-state index >= 15 is 0 Å². The molecule has 1 heterocycles. The summed E-state index contributed by atoms with van der Waals surface area (Å²) in [5, 5.41) is 1.01. The highest BCUT2D eigenvalue weighted by molar-refractivity contribution is 9.12. The van der Waals surface area contributed by atoms with Crippen molar-refractivity contribution in [3.05, 3.63) is 0 Å². The van der Waals surface area contributed by atoms with Crippen LogP contribution >= 0.6 is 31.9 Å². The first-order valence-electron chi connectivity index (χ1n) is 4.71. The standard InChI is InChI=1S/C9H14Br2O2/c10-7-8(11)1-3-9(4-2-8)12-5-6-13-9/h1-7H2. The third-order valence-corrected chi connectivity index (χ3v) is 5.86. The van der Waals surface area contributed by atoms with Crippen LogP contribution < -0.4 is 0 Å². The van der Waals surface area contributed by atoms with Crippen LogP contribution in [0.4, 0.5) is 0 Å². The maximum atomic E-state index is 5.66. The van der Waals surface area contributed by atoms with Crippen LogP contribution in [0.1, 0.15) is 25.7 Å².